The van der Waals surface area contributed by atoms with Crippen LogP contribution in [-0.4, -0.2) is 59.0 Å². The van der Waals surface area contributed by atoms with Crippen LogP contribution in [0, 0.1) is 6.92 Å². The number of aryl methyl sites for hydroxylation is 1. The van der Waals surface area contributed by atoms with Crippen molar-refractivity contribution in [2.24, 2.45) is 0 Å². The number of nitrogens with one attached hydrogen (secondary N) is 1. The fraction of sp³-hybridized carbons (Fsp3) is 0.348. The molecule has 35 heavy (non-hydrogen) atoms. The number of morpholine rings is 1. The summed E-state index contributed by atoms with van der Waals surface area (Å²) in [5, 5.41) is 8.90. The van der Waals surface area contributed by atoms with E-state index in [0.717, 1.165) is 17.4 Å². The third-order valence-electron chi connectivity index (χ3n) is 5.33. The third-order valence-corrected chi connectivity index (χ3v) is 5.33. The van der Waals surface area contributed by atoms with Gasteiger partial charge in [-0.1, -0.05) is 0 Å². The highest BCUT2D eigenvalue weighted by Crippen LogP contribution is 2.34. The monoisotopic (exact) mass is 488 g/mol. The van der Waals surface area contributed by atoms with Crippen LogP contribution in [0.5, 0.6) is 5.88 Å². The minimum atomic E-state index is -4.71. The second-order valence-corrected chi connectivity index (χ2v) is 7.72. The molecule has 0 bridgehead atoms. The van der Waals surface area contributed by atoms with Crippen molar-refractivity contribution in [3.8, 4) is 17.0 Å². The zero-order valence-corrected chi connectivity index (χ0v) is 19.1. The summed E-state index contributed by atoms with van der Waals surface area (Å²) < 4.78 is 49.9. The van der Waals surface area contributed by atoms with Crippen LogP contribution in [0.4, 0.5) is 24.5 Å². The lowest BCUT2D eigenvalue weighted by Crippen LogP contribution is -2.36. The SMILES string of the molecule is CCOc1ncc(-c2cc(NC(=O)c3cnnc(C(F)(F)F)c3)cnc2C)cc1N1CCOCC1. The molecule has 1 saturated heterocycles. The highest BCUT2D eigenvalue weighted by molar-refractivity contribution is 6.04. The Morgan fingerprint density at radius 3 is 2.63 bits per heavy atom. The normalized spacial score (nSPS) is 14.0. The summed E-state index contributed by atoms with van der Waals surface area (Å²) in [6.07, 6.45) is -0.646. The van der Waals surface area contributed by atoms with Gasteiger partial charge in [0.15, 0.2) is 5.69 Å². The van der Waals surface area contributed by atoms with Gasteiger partial charge in [0.25, 0.3) is 5.91 Å². The third kappa shape index (κ3) is 5.65. The first kappa shape index (κ1) is 24.3. The summed E-state index contributed by atoms with van der Waals surface area (Å²) in [4.78, 5) is 23.5. The summed E-state index contributed by atoms with van der Waals surface area (Å²) in [7, 11) is 0. The van der Waals surface area contributed by atoms with Crippen LogP contribution in [0.1, 0.15) is 28.7 Å². The summed E-state index contributed by atoms with van der Waals surface area (Å²) >= 11 is 0. The van der Waals surface area contributed by atoms with E-state index in [1.165, 1.54) is 6.20 Å². The minimum Gasteiger partial charge on any atom is -0.476 e. The lowest BCUT2D eigenvalue weighted by atomic mass is 10.0. The number of aromatic nitrogens is 4. The van der Waals surface area contributed by atoms with E-state index in [4.69, 9.17) is 9.47 Å². The fourth-order valence-electron chi connectivity index (χ4n) is 3.59. The molecule has 1 fully saturated rings. The molecule has 3 aromatic rings. The topological polar surface area (TPSA) is 102 Å². The molecule has 4 rings (SSSR count). The number of carbonyl (C=O) groups is 1. The van der Waals surface area contributed by atoms with E-state index >= 15 is 0 Å². The van der Waals surface area contributed by atoms with Gasteiger partial charge in [-0.3, -0.25) is 9.78 Å². The van der Waals surface area contributed by atoms with E-state index in [9.17, 15) is 18.0 Å². The number of hydrogen-bond donors (Lipinski definition) is 1. The zero-order valence-electron chi connectivity index (χ0n) is 19.1. The number of amides is 1. The van der Waals surface area contributed by atoms with Crippen LogP contribution in [0.3, 0.4) is 0 Å². The van der Waals surface area contributed by atoms with Crippen molar-refractivity contribution in [1.82, 2.24) is 20.2 Å². The number of pyridine rings is 2. The molecule has 0 unspecified atom stereocenters. The maximum absolute atomic E-state index is 12.9. The Labute approximate surface area is 199 Å². The molecular formula is C23H23F3N6O3. The first-order chi connectivity index (χ1) is 16.8. The van der Waals surface area contributed by atoms with E-state index in [1.54, 1.807) is 12.3 Å². The molecule has 3 aromatic heterocycles. The molecule has 0 saturated carbocycles. The summed E-state index contributed by atoms with van der Waals surface area (Å²) in [6, 6.07) is 4.29. The van der Waals surface area contributed by atoms with Gasteiger partial charge in [-0.05, 0) is 32.0 Å². The van der Waals surface area contributed by atoms with E-state index in [-0.39, 0.29) is 5.56 Å². The van der Waals surface area contributed by atoms with E-state index in [1.807, 2.05) is 19.9 Å². The van der Waals surface area contributed by atoms with Crippen LogP contribution in [0.25, 0.3) is 11.1 Å². The molecule has 1 aliphatic rings. The number of hydrogen-bond acceptors (Lipinski definition) is 8. The molecule has 0 aromatic carbocycles. The lowest BCUT2D eigenvalue weighted by molar-refractivity contribution is -0.141. The Bertz CT molecular complexity index is 1220. The van der Waals surface area contributed by atoms with Crippen LogP contribution in [0.2, 0.25) is 0 Å². The van der Waals surface area contributed by atoms with Crippen LogP contribution >= 0.6 is 0 Å². The van der Waals surface area contributed by atoms with E-state index in [2.05, 4.69) is 30.4 Å². The van der Waals surface area contributed by atoms with Gasteiger partial charge in [0.1, 0.15) is 5.69 Å². The van der Waals surface area contributed by atoms with Gasteiger partial charge in [0.05, 0.1) is 43.5 Å². The maximum atomic E-state index is 12.9. The Morgan fingerprint density at radius 2 is 1.91 bits per heavy atom. The number of alkyl halides is 3. The molecule has 1 aliphatic heterocycles. The van der Waals surface area contributed by atoms with Crippen molar-refractivity contribution in [3.05, 3.63) is 53.7 Å². The van der Waals surface area contributed by atoms with Gasteiger partial charge in [-0.15, -0.1) is 5.10 Å². The smallest absolute Gasteiger partial charge is 0.435 e. The molecule has 9 nitrogen and oxygen atoms in total. The highest BCUT2D eigenvalue weighted by atomic mass is 19.4. The quantitative estimate of drug-likeness (QED) is 0.560. The fourth-order valence-corrected chi connectivity index (χ4v) is 3.59. The van der Waals surface area contributed by atoms with Gasteiger partial charge >= 0.3 is 6.18 Å². The molecule has 1 amide bonds. The molecule has 1 N–H and O–H groups in total. The molecule has 12 heteroatoms. The van der Waals surface area contributed by atoms with Crippen molar-refractivity contribution in [2.75, 3.05) is 43.1 Å². The molecule has 0 atom stereocenters. The van der Waals surface area contributed by atoms with Crippen molar-refractivity contribution in [2.45, 2.75) is 20.0 Å². The molecule has 184 valence electrons. The van der Waals surface area contributed by atoms with Crippen LogP contribution in [0.15, 0.2) is 36.8 Å². The predicted octanol–water partition coefficient (Wildman–Crippen LogP) is 3.75. The molecule has 0 spiro atoms. The summed E-state index contributed by atoms with van der Waals surface area (Å²) in [5.74, 6) is -0.250. The lowest BCUT2D eigenvalue weighted by Gasteiger charge is -2.30. The standard InChI is InChI=1S/C23H23F3N6O3/c1-3-35-22-19(32-4-6-34-7-5-32)8-15(11-28-22)18-10-17(13-27-14(18)2)30-21(33)16-9-20(23(24,25)26)31-29-12-16/h8-13H,3-7H2,1-2H3,(H,30,33). The van der Waals surface area contributed by atoms with Crippen LogP contribution in [-0.2, 0) is 10.9 Å². The zero-order chi connectivity index (χ0) is 25.0. The summed E-state index contributed by atoms with van der Waals surface area (Å²) in [6.45, 7) is 6.74. The van der Waals surface area contributed by atoms with Crippen molar-refractivity contribution in [1.29, 1.82) is 0 Å². The number of rotatable bonds is 6. The van der Waals surface area contributed by atoms with Crippen LogP contribution < -0.4 is 15.0 Å². The number of carbonyl (C=O) groups excluding carboxylic acids is 1. The first-order valence-corrected chi connectivity index (χ1v) is 10.9. The molecular weight excluding hydrogens is 465 g/mol. The first-order valence-electron chi connectivity index (χ1n) is 10.9. The molecule has 4 heterocycles. The Balaban J connectivity index is 1.63. The average Bonchev–Trinajstić information content (AvgIpc) is 2.86. The van der Waals surface area contributed by atoms with Crippen molar-refractivity contribution >= 4 is 17.3 Å². The molecule has 0 radical (unpaired) electrons. The Hall–Kier alpha value is -3.80. The van der Waals surface area contributed by atoms with Gasteiger partial charge in [0.2, 0.25) is 5.88 Å². The van der Waals surface area contributed by atoms with Gasteiger partial charge in [-0.2, -0.15) is 18.3 Å². The Morgan fingerprint density at radius 1 is 1.14 bits per heavy atom. The van der Waals surface area contributed by atoms with Crippen molar-refractivity contribution in [3.63, 3.8) is 0 Å². The average molecular weight is 488 g/mol. The van der Waals surface area contributed by atoms with E-state index in [0.29, 0.717) is 61.8 Å². The maximum Gasteiger partial charge on any atom is 0.435 e. The van der Waals surface area contributed by atoms with Crippen molar-refractivity contribution < 1.29 is 27.4 Å². The van der Waals surface area contributed by atoms with E-state index < -0.39 is 17.8 Å². The van der Waals surface area contributed by atoms with Gasteiger partial charge in [-0.25, -0.2) is 4.98 Å². The van der Waals surface area contributed by atoms with Gasteiger partial charge < -0.3 is 19.7 Å². The second-order valence-electron chi connectivity index (χ2n) is 7.72. The number of nitrogens with zero attached hydrogens (tertiary/aromatic N) is 5. The number of anilines is 2. The molecule has 0 aliphatic carbocycles. The Kier molecular flexibility index (Phi) is 7.10. The second kappa shape index (κ2) is 10.2. The number of ether oxygens (including phenoxy) is 2. The predicted molar refractivity (Wildman–Crippen MR) is 121 cm³/mol. The largest absolute Gasteiger partial charge is 0.476 e. The highest BCUT2D eigenvalue weighted by Gasteiger charge is 2.33. The summed E-state index contributed by atoms with van der Waals surface area (Å²) in [5.41, 5.74) is 1.76. The number of halogens is 3. The minimum absolute atomic E-state index is 0.271. The van der Waals surface area contributed by atoms with Gasteiger partial charge in [0, 0.05) is 36.1 Å².